The van der Waals surface area contributed by atoms with Crippen LogP contribution in [0.15, 0.2) is 41.6 Å². The number of anilines is 2. The first kappa shape index (κ1) is 23.5. The maximum absolute atomic E-state index is 13.1. The molecule has 3 aliphatic rings. The molecule has 0 radical (unpaired) electrons. The molecule has 0 saturated carbocycles. The number of nitrogens with zero attached hydrogens (tertiary/aromatic N) is 6. The summed E-state index contributed by atoms with van der Waals surface area (Å²) in [6, 6.07) is 6.16. The molecule has 0 bridgehead atoms. The standard InChI is InChI=1S/C22H26N6O6S/c29-20(25-6-8-26(9-7-25)22-23-4-1-5-24-22)15-28-18-14-17(2-3-19(18)34-16-21(28)30)35(31,32)27-10-12-33-13-11-27/h1-5,14H,6-13,15-16H2. The first-order chi connectivity index (χ1) is 16.9. The van der Waals surface area contributed by atoms with Gasteiger partial charge in [-0.2, -0.15) is 4.31 Å². The number of hydrogen-bond acceptors (Lipinski definition) is 9. The van der Waals surface area contributed by atoms with Crippen LogP contribution in [0.2, 0.25) is 0 Å². The van der Waals surface area contributed by atoms with Crippen molar-refractivity contribution < 1.29 is 27.5 Å². The summed E-state index contributed by atoms with van der Waals surface area (Å²) in [6.45, 7) is 2.85. The van der Waals surface area contributed by atoms with E-state index >= 15 is 0 Å². The first-order valence-corrected chi connectivity index (χ1v) is 12.8. The van der Waals surface area contributed by atoms with Gasteiger partial charge < -0.3 is 19.3 Å². The molecule has 0 spiro atoms. The topological polar surface area (TPSA) is 125 Å². The van der Waals surface area contributed by atoms with Crippen molar-refractivity contribution in [2.75, 3.05) is 75.4 Å². The van der Waals surface area contributed by atoms with Crippen molar-refractivity contribution in [2.45, 2.75) is 4.90 Å². The molecule has 12 nitrogen and oxygen atoms in total. The maximum Gasteiger partial charge on any atom is 0.265 e. The van der Waals surface area contributed by atoms with Gasteiger partial charge in [-0.3, -0.25) is 14.5 Å². The second kappa shape index (κ2) is 9.76. The largest absolute Gasteiger partial charge is 0.482 e. The van der Waals surface area contributed by atoms with Crippen LogP contribution in [-0.2, 0) is 24.3 Å². The normalized spacial score (nSPS) is 19.3. The van der Waals surface area contributed by atoms with E-state index in [1.165, 1.54) is 27.4 Å². The molecule has 1 aromatic heterocycles. The van der Waals surface area contributed by atoms with Gasteiger partial charge in [0, 0.05) is 51.7 Å². The van der Waals surface area contributed by atoms with Crippen molar-refractivity contribution in [3.63, 3.8) is 0 Å². The van der Waals surface area contributed by atoms with Crippen LogP contribution in [0.1, 0.15) is 0 Å². The second-order valence-corrected chi connectivity index (χ2v) is 10.3. The monoisotopic (exact) mass is 502 g/mol. The molecule has 3 aliphatic heterocycles. The fourth-order valence-electron chi connectivity index (χ4n) is 4.30. The summed E-state index contributed by atoms with van der Waals surface area (Å²) in [4.78, 5) is 39.3. The summed E-state index contributed by atoms with van der Waals surface area (Å²) in [5.74, 6) is 0.361. The van der Waals surface area contributed by atoms with Crippen molar-refractivity contribution in [1.82, 2.24) is 19.2 Å². The number of aromatic nitrogens is 2. The molecule has 0 unspecified atom stereocenters. The highest BCUT2D eigenvalue weighted by atomic mass is 32.2. The number of carbonyl (C=O) groups excluding carboxylic acids is 2. The van der Waals surface area contributed by atoms with Crippen molar-refractivity contribution in [1.29, 1.82) is 0 Å². The third-order valence-electron chi connectivity index (χ3n) is 6.24. The lowest BCUT2D eigenvalue weighted by Crippen LogP contribution is -2.53. The molecule has 2 amide bonds. The van der Waals surface area contributed by atoms with Gasteiger partial charge in [0.05, 0.1) is 23.8 Å². The van der Waals surface area contributed by atoms with Crippen LogP contribution in [0, 0.1) is 0 Å². The van der Waals surface area contributed by atoms with Gasteiger partial charge >= 0.3 is 0 Å². The Labute approximate surface area is 203 Å². The molecule has 5 rings (SSSR count). The number of benzene rings is 1. The van der Waals surface area contributed by atoms with Crippen molar-refractivity contribution >= 4 is 33.5 Å². The van der Waals surface area contributed by atoms with Gasteiger partial charge in [0.2, 0.25) is 21.9 Å². The predicted octanol–water partition coefficient (Wildman–Crippen LogP) is -0.428. The van der Waals surface area contributed by atoms with E-state index in [2.05, 4.69) is 9.97 Å². The average molecular weight is 503 g/mol. The molecule has 2 fully saturated rings. The van der Waals surface area contributed by atoms with Gasteiger partial charge in [0.25, 0.3) is 5.91 Å². The van der Waals surface area contributed by atoms with E-state index < -0.39 is 15.9 Å². The molecule has 0 aliphatic carbocycles. The summed E-state index contributed by atoms with van der Waals surface area (Å²) >= 11 is 0. The Balaban J connectivity index is 1.31. The molecule has 2 aromatic rings. The van der Waals surface area contributed by atoms with Gasteiger partial charge in [0.1, 0.15) is 12.3 Å². The lowest BCUT2D eigenvalue weighted by atomic mass is 10.2. The van der Waals surface area contributed by atoms with Crippen LogP contribution in [0.3, 0.4) is 0 Å². The molecule has 186 valence electrons. The number of sulfonamides is 1. The zero-order valence-electron chi connectivity index (χ0n) is 19.1. The smallest absolute Gasteiger partial charge is 0.265 e. The predicted molar refractivity (Wildman–Crippen MR) is 125 cm³/mol. The Morgan fingerprint density at radius 1 is 1.00 bits per heavy atom. The molecule has 35 heavy (non-hydrogen) atoms. The van der Waals surface area contributed by atoms with Crippen molar-refractivity contribution in [3.8, 4) is 5.75 Å². The highest BCUT2D eigenvalue weighted by Gasteiger charge is 2.33. The van der Waals surface area contributed by atoms with Gasteiger partial charge in [-0.05, 0) is 24.3 Å². The number of rotatable bonds is 5. The van der Waals surface area contributed by atoms with E-state index in [9.17, 15) is 18.0 Å². The molecule has 4 heterocycles. The van der Waals surface area contributed by atoms with Crippen LogP contribution in [-0.4, -0.2) is 105 Å². The Morgan fingerprint density at radius 3 is 2.43 bits per heavy atom. The minimum absolute atomic E-state index is 0.0466. The molecule has 13 heteroatoms. The number of fused-ring (bicyclic) bond motifs is 1. The van der Waals surface area contributed by atoms with Crippen LogP contribution < -0.4 is 14.5 Å². The minimum atomic E-state index is -3.77. The van der Waals surface area contributed by atoms with Crippen LogP contribution in [0.4, 0.5) is 11.6 Å². The zero-order chi connectivity index (χ0) is 24.4. The van der Waals surface area contributed by atoms with Gasteiger partial charge in [-0.15, -0.1) is 0 Å². The van der Waals surface area contributed by atoms with Crippen LogP contribution >= 0.6 is 0 Å². The van der Waals surface area contributed by atoms with Crippen molar-refractivity contribution in [3.05, 3.63) is 36.7 Å². The average Bonchev–Trinajstić information content (AvgIpc) is 2.91. The number of hydrogen-bond donors (Lipinski definition) is 0. The molecular weight excluding hydrogens is 476 g/mol. The summed E-state index contributed by atoms with van der Waals surface area (Å²) in [6.07, 6.45) is 3.35. The number of piperazine rings is 1. The van der Waals surface area contributed by atoms with Gasteiger partial charge in [0.15, 0.2) is 6.61 Å². The number of carbonyl (C=O) groups is 2. The van der Waals surface area contributed by atoms with Gasteiger partial charge in [-0.25, -0.2) is 18.4 Å². The molecule has 2 saturated heterocycles. The summed E-state index contributed by atoms with van der Waals surface area (Å²) in [7, 11) is -3.77. The van der Waals surface area contributed by atoms with Gasteiger partial charge in [-0.1, -0.05) is 0 Å². The molecule has 0 N–H and O–H groups in total. The van der Waals surface area contributed by atoms with E-state index in [0.29, 0.717) is 51.1 Å². The Bertz CT molecular complexity index is 1200. The quantitative estimate of drug-likeness (QED) is 0.535. The highest BCUT2D eigenvalue weighted by Crippen LogP contribution is 2.35. The maximum atomic E-state index is 13.1. The minimum Gasteiger partial charge on any atom is -0.482 e. The van der Waals surface area contributed by atoms with E-state index in [-0.39, 0.29) is 42.7 Å². The molecule has 1 aromatic carbocycles. The third-order valence-corrected chi connectivity index (χ3v) is 8.14. The summed E-state index contributed by atoms with van der Waals surface area (Å²) in [5.41, 5.74) is 0.278. The first-order valence-electron chi connectivity index (χ1n) is 11.4. The van der Waals surface area contributed by atoms with Crippen molar-refractivity contribution in [2.24, 2.45) is 0 Å². The number of ether oxygens (including phenoxy) is 2. The van der Waals surface area contributed by atoms with Crippen LogP contribution in [0.5, 0.6) is 5.75 Å². The lowest BCUT2D eigenvalue weighted by molar-refractivity contribution is -0.132. The Kier molecular flexibility index (Phi) is 6.54. The third kappa shape index (κ3) is 4.79. The second-order valence-electron chi connectivity index (χ2n) is 8.33. The highest BCUT2D eigenvalue weighted by molar-refractivity contribution is 7.89. The lowest BCUT2D eigenvalue weighted by Gasteiger charge is -2.36. The SMILES string of the molecule is O=C(CN1C(=O)COc2ccc(S(=O)(=O)N3CCOCC3)cc21)N1CCN(c2ncccn2)CC1. The number of amides is 2. The number of morpholine rings is 1. The molecule has 0 atom stereocenters. The fraction of sp³-hybridized carbons (Fsp3) is 0.455. The van der Waals surface area contributed by atoms with E-state index in [4.69, 9.17) is 9.47 Å². The molecular formula is C22H26N6O6S. The Morgan fingerprint density at radius 2 is 1.71 bits per heavy atom. The fourth-order valence-corrected chi connectivity index (χ4v) is 5.73. The summed E-state index contributed by atoms with van der Waals surface area (Å²) in [5, 5.41) is 0. The Hall–Kier alpha value is -3.29. The summed E-state index contributed by atoms with van der Waals surface area (Å²) < 4.78 is 38.3. The zero-order valence-corrected chi connectivity index (χ0v) is 19.9. The van der Waals surface area contributed by atoms with E-state index in [1.54, 1.807) is 23.4 Å². The van der Waals surface area contributed by atoms with E-state index in [1.807, 2.05) is 4.90 Å². The van der Waals surface area contributed by atoms with E-state index in [0.717, 1.165) is 0 Å². The van der Waals surface area contributed by atoms with Crippen LogP contribution in [0.25, 0.3) is 0 Å².